The molecule has 1 atom stereocenters. The average molecular weight is 409 g/mol. The number of nitrogens with zero attached hydrogens (tertiary/aromatic N) is 2. The third-order valence-corrected chi connectivity index (χ3v) is 5.23. The van der Waals surface area contributed by atoms with Crippen molar-refractivity contribution in [3.8, 4) is 0 Å². The Labute approximate surface area is 176 Å². The zero-order chi connectivity index (χ0) is 21.3. The summed E-state index contributed by atoms with van der Waals surface area (Å²) in [4.78, 5) is 43.7. The van der Waals surface area contributed by atoms with Crippen LogP contribution in [0.3, 0.4) is 0 Å². The third kappa shape index (κ3) is 5.89. The third-order valence-electron chi connectivity index (χ3n) is 5.23. The lowest BCUT2D eigenvalue weighted by molar-refractivity contribution is -0.134. The highest BCUT2D eigenvalue weighted by Gasteiger charge is 2.28. The van der Waals surface area contributed by atoms with E-state index in [2.05, 4.69) is 15.6 Å². The van der Waals surface area contributed by atoms with Crippen LogP contribution in [0.4, 0.5) is 0 Å². The number of rotatable bonds is 4. The molecule has 0 saturated carbocycles. The molecule has 30 heavy (non-hydrogen) atoms. The molecule has 7 heteroatoms. The topological polar surface area (TPSA) is 91.4 Å². The Bertz CT molecular complexity index is 868. The normalized spacial score (nSPS) is 17.7. The van der Waals surface area contributed by atoms with E-state index in [0.29, 0.717) is 18.7 Å². The number of carbonyl (C=O) groups is 3. The number of benzene rings is 1. The lowest BCUT2D eigenvalue weighted by Gasteiger charge is -2.33. The maximum absolute atomic E-state index is 13.1. The van der Waals surface area contributed by atoms with Crippen molar-refractivity contribution in [2.45, 2.75) is 38.6 Å². The number of amides is 3. The van der Waals surface area contributed by atoms with Gasteiger partial charge in [0.1, 0.15) is 0 Å². The first-order valence-electron chi connectivity index (χ1n) is 10.4. The fourth-order valence-corrected chi connectivity index (χ4v) is 3.56. The van der Waals surface area contributed by atoms with Crippen LogP contribution >= 0.6 is 0 Å². The van der Waals surface area contributed by atoms with Gasteiger partial charge in [-0.1, -0.05) is 30.3 Å². The summed E-state index contributed by atoms with van der Waals surface area (Å²) >= 11 is 0. The lowest BCUT2D eigenvalue weighted by Crippen LogP contribution is -2.44. The van der Waals surface area contributed by atoms with Crippen LogP contribution in [0.15, 0.2) is 48.7 Å². The highest BCUT2D eigenvalue weighted by Crippen LogP contribution is 2.25. The number of aromatic nitrogens is 1. The minimum absolute atomic E-state index is 0.0710. The van der Waals surface area contributed by atoms with E-state index in [9.17, 15) is 14.4 Å². The molecule has 3 amide bonds. The molecule has 7 nitrogen and oxygen atoms in total. The largest absolute Gasteiger partial charge is 0.356 e. The minimum Gasteiger partial charge on any atom is -0.356 e. The van der Waals surface area contributed by atoms with Gasteiger partial charge in [0.2, 0.25) is 11.8 Å². The smallest absolute Gasteiger partial charge is 0.253 e. The molecule has 2 N–H and O–H groups in total. The van der Waals surface area contributed by atoms with E-state index in [0.717, 1.165) is 30.5 Å². The van der Waals surface area contributed by atoms with E-state index in [1.165, 1.54) is 6.20 Å². The van der Waals surface area contributed by atoms with E-state index in [-0.39, 0.29) is 36.7 Å². The van der Waals surface area contributed by atoms with Crippen LogP contribution < -0.4 is 10.6 Å². The molecule has 1 aliphatic heterocycles. The average Bonchev–Trinajstić information content (AvgIpc) is 2.77. The number of hydrogen-bond donors (Lipinski definition) is 2. The molecular weight excluding hydrogens is 380 g/mol. The molecule has 1 aliphatic rings. The van der Waals surface area contributed by atoms with Crippen molar-refractivity contribution in [2.24, 2.45) is 0 Å². The van der Waals surface area contributed by atoms with E-state index in [4.69, 9.17) is 0 Å². The molecule has 3 rings (SSSR count). The summed E-state index contributed by atoms with van der Waals surface area (Å²) in [6.45, 7) is 2.93. The van der Waals surface area contributed by atoms with Crippen molar-refractivity contribution < 1.29 is 14.4 Å². The molecule has 1 aromatic heterocycles. The second kappa shape index (κ2) is 10.5. The molecule has 2 heterocycles. The molecule has 0 bridgehead atoms. The monoisotopic (exact) mass is 408 g/mol. The van der Waals surface area contributed by atoms with Gasteiger partial charge in [0, 0.05) is 25.0 Å². The lowest BCUT2D eigenvalue weighted by atomic mass is 10.00. The fourth-order valence-electron chi connectivity index (χ4n) is 3.56. The van der Waals surface area contributed by atoms with Gasteiger partial charge in [-0.2, -0.15) is 0 Å². The predicted octanol–water partition coefficient (Wildman–Crippen LogP) is 2.38. The molecular formula is C23H28N4O3. The van der Waals surface area contributed by atoms with Gasteiger partial charge in [0.25, 0.3) is 5.91 Å². The molecule has 1 unspecified atom stereocenters. The van der Waals surface area contributed by atoms with Gasteiger partial charge in [-0.25, -0.2) is 0 Å². The summed E-state index contributed by atoms with van der Waals surface area (Å²) in [6, 6.07) is 12.7. The summed E-state index contributed by atoms with van der Waals surface area (Å²) < 4.78 is 0. The second-order valence-corrected chi connectivity index (χ2v) is 7.50. The quantitative estimate of drug-likeness (QED) is 0.813. The number of aryl methyl sites for hydroxylation is 1. The van der Waals surface area contributed by atoms with Crippen molar-refractivity contribution in [1.82, 2.24) is 20.5 Å². The van der Waals surface area contributed by atoms with Crippen molar-refractivity contribution in [1.29, 1.82) is 0 Å². The number of pyridine rings is 1. The van der Waals surface area contributed by atoms with Gasteiger partial charge in [0.05, 0.1) is 24.6 Å². The molecule has 0 aliphatic carbocycles. The molecule has 158 valence electrons. The van der Waals surface area contributed by atoms with Crippen LogP contribution in [0.2, 0.25) is 0 Å². The Kier molecular flexibility index (Phi) is 7.54. The Morgan fingerprint density at radius 3 is 2.67 bits per heavy atom. The summed E-state index contributed by atoms with van der Waals surface area (Å²) in [7, 11) is 0. The van der Waals surface area contributed by atoms with E-state index in [1.54, 1.807) is 17.0 Å². The SMILES string of the molecule is Cc1ccc(C(=O)NCC(=O)N2CCCCCNC(=O)CC2c2ccccc2)cn1. The predicted molar refractivity (Wildman–Crippen MR) is 114 cm³/mol. The maximum Gasteiger partial charge on any atom is 0.253 e. The summed E-state index contributed by atoms with van der Waals surface area (Å²) in [5.41, 5.74) is 2.14. The standard InChI is InChI=1S/C23H28N4O3/c1-17-10-11-19(15-25-17)23(30)26-16-22(29)27-13-7-3-6-12-24-21(28)14-20(27)18-8-4-2-5-9-18/h2,4-5,8-11,15,20H,3,6-7,12-14,16H2,1H3,(H,24,28)(H,26,30). The number of nitrogens with one attached hydrogen (secondary N) is 2. The first kappa shape index (κ1) is 21.5. The zero-order valence-electron chi connectivity index (χ0n) is 17.3. The Morgan fingerprint density at radius 2 is 1.93 bits per heavy atom. The molecule has 2 aromatic rings. The number of carbonyl (C=O) groups excluding carboxylic acids is 3. The maximum atomic E-state index is 13.1. The van der Waals surface area contributed by atoms with E-state index < -0.39 is 0 Å². The molecule has 1 saturated heterocycles. The van der Waals surface area contributed by atoms with Crippen LogP contribution in [0.5, 0.6) is 0 Å². The van der Waals surface area contributed by atoms with Crippen LogP contribution in [-0.4, -0.2) is 47.2 Å². The van der Waals surface area contributed by atoms with Gasteiger partial charge >= 0.3 is 0 Å². The van der Waals surface area contributed by atoms with Crippen LogP contribution in [0.25, 0.3) is 0 Å². The number of hydrogen-bond acceptors (Lipinski definition) is 4. The second-order valence-electron chi connectivity index (χ2n) is 7.50. The van der Waals surface area contributed by atoms with Gasteiger partial charge in [-0.3, -0.25) is 19.4 Å². The van der Waals surface area contributed by atoms with Gasteiger partial charge < -0.3 is 15.5 Å². The van der Waals surface area contributed by atoms with E-state index in [1.807, 2.05) is 37.3 Å². The van der Waals surface area contributed by atoms with E-state index >= 15 is 0 Å². The summed E-state index contributed by atoms with van der Waals surface area (Å²) in [5, 5.41) is 5.63. The molecule has 0 spiro atoms. The molecule has 1 fully saturated rings. The van der Waals surface area contributed by atoms with Gasteiger partial charge in [-0.15, -0.1) is 0 Å². The van der Waals surface area contributed by atoms with Crippen LogP contribution in [0.1, 0.15) is 53.3 Å². The fraction of sp³-hybridized carbons (Fsp3) is 0.391. The zero-order valence-corrected chi connectivity index (χ0v) is 17.3. The highest BCUT2D eigenvalue weighted by molar-refractivity contribution is 5.96. The Morgan fingerprint density at radius 1 is 1.13 bits per heavy atom. The van der Waals surface area contributed by atoms with Crippen molar-refractivity contribution in [3.63, 3.8) is 0 Å². The summed E-state index contributed by atoms with van der Waals surface area (Å²) in [6.07, 6.45) is 4.36. The van der Waals surface area contributed by atoms with Gasteiger partial charge in [0.15, 0.2) is 0 Å². The summed E-state index contributed by atoms with van der Waals surface area (Å²) in [5.74, 6) is -0.616. The first-order valence-corrected chi connectivity index (χ1v) is 10.4. The minimum atomic E-state index is -0.366. The first-order chi connectivity index (χ1) is 14.5. The van der Waals surface area contributed by atoms with Crippen molar-refractivity contribution in [3.05, 3.63) is 65.5 Å². The van der Waals surface area contributed by atoms with Gasteiger partial charge in [-0.05, 0) is 43.9 Å². The Balaban J connectivity index is 1.74. The molecule has 0 radical (unpaired) electrons. The van der Waals surface area contributed by atoms with Crippen molar-refractivity contribution >= 4 is 17.7 Å². The molecule has 1 aromatic carbocycles. The van der Waals surface area contributed by atoms with Crippen LogP contribution in [-0.2, 0) is 9.59 Å². The Hall–Kier alpha value is -3.22. The van der Waals surface area contributed by atoms with Crippen LogP contribution in [0, 0.1) is 6.92 Å². The highest BCUT2D eigenvalue weighted by atomic mass is 16.2. The van der Waals surface area contributed by atoms with Crippen molar-refractivity contribution in [2.75, 3.05) is 19.6 Å².